The number of rotatable bonds is 3. The van der Waals surface area contributed by atoms with Crippen molar-refractivity contribution in [2.45, 2.75) is 20.3 Å². The van der Waals surface area contributed by atoms with E-state index in [0.717, 1.165) is 12.0 Å². The average molecular weight is 325 g/mol. The molecular formula is C19H17ClN2O. The van der Waals surface area contributed by atoms with Crippen LogP contribution >= 0.6 is 11.6 Å². The van der Waals surface area contributed by atoms with E-state index in [0.29, 0.717) is 22.0 Å². The summed E-state index contributed by atoms with van der Waals surface area (Å²) >= 11 is 5.89. The number of hydrogen-bond donors (Lipinski definition) is 0. The van der Waals surface area contributed by atoms with Gasteiger partial charge in [0.2, 0.25) is 0 Å². The van der Waals surface area contributed by atoms with Crippen LogP contribution in [0.4, 0.5) is 5.69 Å². The van der Waals surface area contributed by atoms with Crippen molar-refractivity contribution < 1.29 is 4.79 Å². The molecule has 0 saturated carbocycles. The molecule has 4 heteroatoms. The Bertz CT molecular complexity index is 789. The highest BCUT2D eigenvalue weighted by Gasteiger charge is 2.28. The van der Waals surface area contributed by atoms with Crippen LogP contribution in [0.1, 0.15) is 25.0 Å². The minimum Gasteiger partial charge on any atom is -0.267 e. The summed E-state index contributed by atoms with van der Waals surface area (Å²) in [4.78, 5) is 12.6. The lowest BCUT2D eigenvalue weighted by atomic mass is 10.0. The molecule has 1 amide bonds. The second kappa shape index (κ2) is 6.39. The van der Waals surface area contributed by atoms with E-state index in [1.54, 1.807) is 24.3 Å². The van der Waals surface area contributed by atoms with E-state index in [2.05, 4.69) is 24.2 Å². The number of halogens is 1. The Hall–Kier alpha value is -2.39. The summed E-state index contributed by atoms with van der Waals surface area (Å²) in [6, 6.07) is 15.3. The lowest BCUT2D eigenvalue weighted by Crippen LogP contribution is -2.21. The van der Waals surface area contributed by atoms with E-state index < -0.39 is 0 Å². The van der Waals surface area contributed by atoms with E-state index in [4.69, 9.17) is 11.6 Å². The molecule has 1 aliphatic rings. The number of carbonyl (C=O) groups excluding carboxylic acids is 1. The van der Waals surface area contributed by atoms with Crippen LogP contribution in [0.15, 0.2) is 59.2 Å². The summed E-state index contributed by atoms with van der Waals surface area (Å²) in [5.41, 5.74) is 4.31. The second-order valence-electron chi connectivity index (χ2n) is 5.43. The molecule has 3 rings (SSSR count). The van der Waals surface area contributed by atoms with Gasteiger partial charge in [-0.15, -0.1) is 0 Å². The Morgan fingerprint density at radius 3 is 2.35 bits per heavy atom. The van der Waals surface area contributed by atoms with Gasteiger partial charge in [0.05, 0.1) is 17.0 Å². The van der Waals surface area contributed by atoms with Crippen LogP contribution in [-0.4, -0.2) is 11.6 Å². The molecule has 0 fully saturated rings. The molecule has 0 spiro atoms. The molecule has 0 aliphatic carbocycles. The largest absolute Gasteiger partial charge is 0.280 e. The molecule has 0 unspecified atom stereocenters. The molecule has 23 heavy (non-hydrogen) atoms. The van der Waals surface area contributed by atoms with Gasteiger partial charge in [0, 0.05) is 5.02 Å². The molecule has 116 valence electrons. The van der Waals surface area contributed by atoms with E-state index >= 15 is 0 Å². The van der Waals surface area contributed by atoms with Crippen LogP contribution in [0.5, 0.6) is 0 Å². The monoisotopic (exact) mass is 324 g/mol. The van der Waals surface area contributed by atoms with Crippen molar-refractivity contribution in [2.24, 2.45) is 5.10 Å². The normalized spacial score (nSPS) is 16.1. The van der Waals surface area contributed by atoms with Crippen molar-refractivity contribution in [2.75, 3.05) is 5.01 Å². The predicted molar refractivity (Wildman–Crippen MR) is 95.8 cm³/mol. The molecule has 0 saturated heterocycles. The first-order chi connectivity index (χ1) is 11.1. The highest BCUT2D eigenvalue weighted by Crippen LogP contribution is 2.26. The van der Waals surface area contributed by atoms with Gasteiger partial charge in [-0.1, -0.05) is 42.8 Å². The van der Waals surface area contributed by atoms with Crippen LogP contribution in [0, 0.1) is 0 Å². The van der Waals surface area contributed by atoms with E-state index in [-0.39, 0.29) is 5.91 Å². The minimum atomic E-state index is -0.121. The Morgan fingerprint density at radius 1 is 1.09 bits per heavy atom. The highest BCUT2D eigenvalue weighted by atomic mass is 35.5. The predicted octanol–water partition coefficient (Wildman–Crippen LogP) is 4.71. The van der Waals surface area contributed by atoms with Gasteiger partial charge in [-0.3, -0.25) is 4.79 Å². The van der Waals surface area contributed by atoms with E-state index in [9.17, 15) is 4.79 Å². The summed E-state index contributed by atoms with van der Waals surface area (Å²) in [5, 5.41) is 6.42. The summed E-state index contributed by atoms with van der Waals surface area (Å²) in [6.07, 6.45) is 2.89. The number of aryl methyl sites for hydroxylation is 1. The summed E-state index contributed by atoms with van der Waals surface area (Å²) in [5.74, 6) is -0.121. The zero-order chi connectivity index (χ0) is 16.4. The Balaban J connectivity index is 1.89. The van der Waals surface area contributed by atoms with Gasteiger partial charge in [0.15, 0.2) is 0 Å². The van der Waals surface area contributed by atoms with Crippen molar-refractivity contribution in [3.63, 3.8) is 0 Å². The third-order valence-corrected chi connectivity index (χ3v) is 4.08. The number of carbonyl (C=O) groups is 1. The fourth-order valence-electron chi connectivity index (χ4n) is 2.46. The fraction of sp³-hybridized carbons (Fsp3) is 0.158. The van der Waals surface area contributed by atoms with Crippen LogP contribution in [0.3, 0.4) is 0 Å². The van der Waals surface area contributed by atoms with Gasteiger partial charge in [-0.25, -0.2) is 0 Å². The molecule has 0 aromatic heterocycles. The lowest BCUT2D eigenvalue weighted by Gasteiger charge is -2.11. The third kappa shape index (κ3) is 3.20. The smallest absolute Gasteiger partial charge is 0.267 e. The summed E-state index contributed by atoms with van der Waals surface area (Å²) in [6.45, 7) is 3.97. The first-order valence-electron chi connectivity index (χ1n) is 7.54. The molecule has 3 nitrogen and oxygen atoms in total. The molecule has 0 bridgehead atoms. The van der Waals surface area contributed by atoms with Crippen LogP contribution in [-0.2, 0) is 11.2 Å². The Labute approximate surface area is 140 Å². The summed E-state index contributed by atoms with van der Waals surface area (Å²) < 4.78 is 0. The van der Waals surface area contributed by atoms with Crippen molar-refractivity contribution in [1.29, 1.82) is 0 Å². The number of benzene rings is 2. The molecule has 1 aliphatic heterocycles. The first kappa shape index (κ1) is 15.5. The van der Waals surface area contributed by atoms with Crippen molar-refractivity contribution in [1.82, 2.24) is 0 Å². The SMILES string of the molecule is CCc1ccc(/C=C2/C(=O)N(c3ccc(Cl)cc3)N=C2C)cc1. The topological polar surface area (TPSA) is 32.7 Å². The number of nitrogens with zero attached hydrogens (tertiary/aromatic N) is 2. The van der Waals surface area contributed by atoms with Gasteiger partial charge >= 0.3 is 0 Å². The molecule has 0 atom stereocenters. The molecular weight excluding hydrogens is 308 g/mol. The first-order valence-corrected chi connectivity index (χ1v) is 7.92. The van der Waals surface area contributed by atoms with Crippen LogP contribution in [0.25, 0.3) is 6.08 Å². The fourth-order valence-corrected chi connectivity index (χ4v) is 2.58. The van der Waals surface area contributed by atoms with Gasteiger partial charge in [0.1, 0.15) is 0 Å². The quantitative estimate of drug-likeness (QED) is 0.753. The van der Waals surface area contributed by atoms with Gasteiger partial charge in [-0.05, 0) is 54.8 Å². The van der Waals surface area contributed by atoms with Crippen molar-refractivity contribution >= 4 is 35.0 Å². The maximum atomic E-state index is 12.6. The second-order valence-corrected chi connectivity index (χ2v) is 5.87. The lowest BCUT2D eigenvalue weighted by molar-refractivity contribution is -0.114. The number of amides is 1. The van der Waals surface area contributed by atoms with E-state index in [1.807, 2.05) is 25.1 Å². The standard InChI is InChI=1S/C19H17ClN2O/c1-3-14-4-6-15(7-5-14)12-18-13(2)21-22(19(18)23)17-10-8-16(20)9-11-17/h4-12H,3H2,1-2H3/b18-12+. The zero-order valence-corrected chi connectivity index (χ0v) is 13.8. The molecule has 2 aromatic rings. The highest BCUT2D eigenvalue weighted by molar-refractivity contribution is 6.32. The molecule has 0 N–H and O–H groups in total. The number of anilines is 1. The Kier molecular flexibility index (Phi) is 4.30. The molecule has 2 aromatic carbocycles. The number of hydrazone groups is 1. The molecule has 1 heterocycles. The molecule has 0 radical (unpaired) electrons. The number of hydrogen-bond acceptors (Lipinski definition) is 2. The van der Waals surface area contributed by atoms with Crippen molar-refractivity contribution in [3.8, 4) is 0 Å². The minimum absolute atomic E-state index is 0.121. The van der Waals surface area contributed by atoms with Crippen LogP contribution in [0.2, 0.25) is 5.02 Å². The average Bonchev–Trinajstić information content (AvgIpc) is 2.84. The van der Waals surface area contributed by atoms with Crippen molar-refractivity contribution in [3.05, 3.63) is 70.3 Å². The van der Waals surface area contributed by atoms with Gasteiger partial charge < -0.3 is 0 Å². The van der Waals surface area contributed by atoms with Crippen LogP contribution < -0.4 is 5.01 Å². The zero-order valence-electron chi connectivity index (χ0n) is 13.1. The maximum Gasteiger partial charge on any atom is 0.280 e. The van der Waals surface area contributed by atoms with Gasteiger partial charge in [-0.2, -0.15) is 10.1 Å². The third-order valence-electron chi connectivity index (χ3n) is 3.83. The summed E-state index contributed by atoms with van der Waals surface area (Å²) in [7, 11) is 0. The maximum absolute atomic E-state index is 12.6. The Morgan fingerprint density at radius 2 is 1.74 bits per heavy atom. The van der Waals surface area contributed by atoms with E-state index in [1.165, 1.54) is 10.6 Å². The van der Waals surface area contributed by atoms with Gasteiger partial charge in [0.25, 0.3) is 5.91 Å².